The second-order valence-electron chi connectivity index (χ2n) is 4.58. The lowest BCUT2D eigenvalue weighted by molar-refractivity contribution is 0.0701. The van der Waals surface area contributed by atoms with Crippen LogP contribution in [0.25, 0.3) is 10.2 Å². The smallest absolute Gasteiger partial charge is 0.398 e. The van der Waals surface area contributed by atoms with Gasteiger partial charge in [-0.05, 0) is 18.1 Å². The van der Waals surface area contributed by atoms with Gasteiger partial charge < -0.3 is 14.3 Å². The summed E-state index contributed by atoms with van der Waals surface area (Å²) >= 11 is 0.931. The third-order valence-electron chi connectivity index (χ3n) is 3.10. The number of carboxylic acids is 1. The van der Waals surface area contributed by atoms with E-state index in [1.807, 2.05) is 30.3 Å². The zero-order valence-corrected chi connectivity index (χ0v) is 12.3. The summed E-state index contributed by atoms with van der Waals surface area (Å²) in [6.07, 6.45) is -0.167. The van der Waals surface area contributed by atoms with Crippen LogP contribution in [0, 0.1) is 6.92 Å². The van der Waals surface area contributed by atoms with Crippen molar-refractivity contribution in [1.29, 1.82) is 0 Å². The molecule has 1 N–H and O–H groups in total. The largest absolute Gasteiger partial charge is 0.477 e. The first kappa shape index (κ1) is 14.3. The molecule has 0 fully saturated rings. The Morgan fingerprint density at radius 1 is 1.36 bits per heavy atom. The Labute approximate surface area is 128 Å². The van der Waals surface area contributed by atoms with Crippen LogP contribution in [0.1, 0.15) is 20.8 Å². The Bertz CT molecular complexity index is 897. The molecular weight excluding hydrogens is 306 g/mol. The third kappa shape index (κ3) is 2.58. The molecule has 0 saturated carbocycles. The standard InChI is InChI=1S/C15H11NO5S/c1-8-10-12(22-11(8)13(17)18)16-15(21-14(10)19)20-7-9-5-3-2-4-6-9/h2-6H,7H2,1H3,(H,17,18). The van der Waals surface area contributed by atoms with Crippen molar-refractivity contribution in [3.8, 4) is 6.08 Å². The van der Waals surface area contributed by atoms with Gasteiger partial charge in [0.25, 0.3) is 0 Å². The molecule has 0 unspecified atom stereocenters. The van der Waals surface area contributed by atoms with Crippen molar-refractivity contribution < 1.29 is 19.1 Å². The number of hydrogen-bond acceptors (Lipinski definition) is 6. The van der Waals surface area contributed by atoms with Crippen molar-refractivity contribution in [2.75, 3.05) is 0 Å². The molecule has 7 heteroatoms. The summed E-state index contributed by atoms with van der Waals surface area (Å²) in [6.45, 7) is 1.77. The number of benzene rings is 1. The molecule has 22 heavy (non-hydrogen) atoms. The van der Waals surface area contributed by atoms with E-state index in [1.165, 1.54) is 0 Å². The summed E-state index contributed by atoms with van der Waals surface area (Å²) < 4.78 is 10.4. The molecule has 0 bridgehead atoms. The lowest BCUT2D eigenvalue weighted by atomic mass is 10.2. The van der Waals surface area contributed by atoms with Gasteiger partial charge in [0.15, 0.2) is 0 Å². The van der Waals surface area contributed by atoms with E-state index in [9.17, 15) is 9.59 Å². The maximum atomic E-state index is 12.0. The highest BCUT2D eigenvalue weighted by Crippen LogP contribution is 2.28. The van der Waals surface area contributed by atoms with Crippen LogP contribution in [0.5, 0.6) is 6.08 Å². The van der Waals surface area contributed by atoms with Gasteiger partial charge in [0.1, 0.15) is 21.7 Å². The van der Waals surface area contributed by atoms with E-state index < -0.39 is 11.6 Å². The predicted molar refractivity (Wildman–Crippen MR) is 80.6 cm³/mol. The molecule has 0 aliphatic carbocycles. The third-order valence-corrected chi connectivity index (χ3v) is 4.28. The molecule has 2 aromatic heterocycles. The Morgan fingerprint density at radius 3 is 2.77 bits per heavy atom. The number of thiophene rings is 1. The number of aromatic carboxylic acids is 1. The Balaban J connectivity index is 1.95. The van der Waals surface area contributed by atoms with Crippen molar-refractivity contribution in [1.82, 2.24) is 4.98 Å². The number of carboxylic acid groups (broad SMARTS) is 1. The Morgan fingerprint density at radius 2 is 2.09 bits per heavy atom. The summed E-state index contributed by atoms with van der Waals surface area (Å²) in [6, 6.07) is 9.36. The summed E-state index contributed by atoms with van der Waals surface area (Å²) in [4.78, 5) is 27.6. The van der Waals surface area contributed by atoms with E-state index in [2.05, 4.69) is 4.98 Å². The average Bonchev–Trinajstić information content (AvgIpc) is 2.84. The minimum Gasteiger partial charge on any atom is -0.477 e. The lowest BCUT2D eigenvalue weighted by Gasteiger charge is -2.03. The van der Waals surface area contributed by atoms with Crippen LogP contribution in [-0.2, 0) is 6.61 Å². The van der Waals surface area contributed by atoms with E-state index in [0.717, 1.165) is 16.9 Å². The zero-order valence-electron chi connectivity index (χ0n) is 11.5. The molecule has 2 heterocycles. The van der Waals surface area contributed by atoms with Crippen LogP contribution in [0.4, 0.5) is 0 Å². The average molecular weight is 317 g/mol. The second-order valence-corrected chi connectivity index (χ2v) is 5.58. The minimum absolute atomic E-state index is 0.0787. The molecule has 0 saturated heterocycles. The molecule has 0 radical (unpaired) electrons. The van der Waals surface area contributed by atoms with Crippen molar-refractivity contribution in [2.45, 2.75) is 13.5 Å². The molecule has 0 aliphatic rings. The summed E-state index contributed by atoms with van der Waals surface area (Å²) in [5.41, 5.74) is 0.623. The van der Waals surface area contributed by atoms with Gasteiger partial charge in [-0.2, -0.15) is 4.98 Å². The molecule has 1 aromatic carbocycles. The van der Waals surface area contributed by atoms with Gasteiger partial charge in [0, 0.05) is 0 Å². The fraction of sp³-hybridized carbons (Fsp3) is 0.133. The molecule has 112 valence electrons. The predicted octanol–water partition coefficient (Wildman–Crippen LogP) is 2.84. The molecular formula is C15H11NO5S. The van der Waals surface area contributed by atoms with E-state index in [4.69, 9.17) is 14.3 Å². The Hall–Kier alpha value is -2.67. The van der Waals surface area contributed by atoms with E-state index in [1.54, 1.807) is 6.92 Å². The highest BCUT2D eigenvalue weighted by Gasteiger charge is 2.20. The van der Waals surface area contributed by atoms with Crippen LogP contribution in [0.3, 0.4) is 0 Å². The van der Waals surface area contributed by atoms with Gasteiger partial charge in [0.05, 0.1) is 0 Å². The summed E-state index contributed by atoms with van der Waals surface area (Å²) in [5.74, 6) is -1.09. The number of rotatable bonds is 4. The van der Waals surface area contributed by atoms with Gasteiger partial charge >= 0.3 is 17.7 Å². The van der Waals surface area contributed by atoms with Gasteiger partial charge in [-0.25, -0.2) is 9.59 Å². The maximum absolute atomic E-state index is 12.0. The lowest BCUT2D eigenvalue weighted by Crippen LogP contribution is -2.05. The monoisotopic (exact) mass is 317 g/mol. The number of aromatic nitrogens is 1. The van der Waals surface area contributed by atoms with Crippen LogP contribution in [0.2, 0.25) is 0 Å². The highest BCUT2D eigenvalue weighted by atomic mass is 32.1. The number of hydrogen-bond donors (Lipinski definition) is 1. The van der Waals surface area contributed by atoms with Crippen LogP contribution in [0.15, 0.2) is 39.5 Å². The van der Waals surface area contributed by atoms with E-state index in [-0.39, 0.29) is 22.9 Å². The Kier molecular flexibility index (Phi) is 3.64. The fourth-order valence-corrected chi connectivity index (χ4v) is 3.03. The highest BCUT2D eigenvalue weighted by molar-refractivity contribution is 7.20. The second kappa shape index (κ2) is 5.61. The molecule has 0 atom stereocenters. The van der Waals surface area contributed by atoms with Crippen LogP contribution >= 0.6 is 11.3 Å². The number of ether oxygens (including phenoxy) is 1. The quantitative estimate of drug-likeness (QED) is 0.796. The first-order valence-electron chi connectivity index (χ1n) is 6.40. The SMILES string of the molecule is Cc1c(C(=O)O)sc2nc(OCc3ccccc3)oc(=O)c12. The number of carbonyl (C=O) groups is 1. The van der Waals surface area contributed by atoms with E-state index >= 15 is 0 Å². The molecule has 0 amide bonds. The summed E-state index contributed by atoms with van der Waals surface area (Å²) in [7, 11) is 0. The number of fused-ring (bicyclic) bond motifs is 1. The van der Waals surface area contributed by atoms with Gasteiger partial charge in [-0.15, -0.1) is 11.3 Å². The first-order valence-corrected chi connectivity index (χ1v) is 7.22. The van der Waals surface area contributed by atoms with Crippen molar-refractivity contribution >= 4 is 27.5 Å². The van der Waals surface area contributed by atoms with Gasteiger partial charge in [0.2, 0.25) is 0 Å². The molecule has 3 aromatic rings. The molecule has 0 aliphatic heterocycles. The zero-order chi connectivity index (χ0) is 15.7. The van der Waals surface area contributed by atoms with E-state index in [0.29, 0.717) is 10.4 Å². The fourth-order valence-electron chi connectivity index (χ4n) is 2.04. The topological polar surface area (TPSA) is 89.6 Å². The summed E-state index contributed by atoms with van der Waals surface area (Å²) in [5, 5.41) is 9.29. The first-order chi connectivity index (χ1) is 10.6. The molecule has 3 rings (SSSR count). The maximum Gasteiger partial charge on any atom is 0.398 e. The van der Waals surface area contributed by atoms with Crippen LogP contribution < -0.4 is 10.4 Å². The van der Waals surface area contributed by atoms with Crippen molar-refractivity contribution in [3.63, 3.8) is 0 Å². The van der Waals surface area contributed by atoms with Gasteiger partial charge in [-0.1, -0.05) is 30.3 Å². The van der Waals surface area contributed by atoms with Crippen molar-refractivity contribution in [2.24, 2.45) is 0 Å². The van der Waals surface area contributed by atoms with Gasteiger partial charge in [-0.3, -0.25) is 0 Å². The van der Waals surface area contributed by atoms with Crippen LogP contribution in [-0.4, -0.2) is 16.1 Å². The normalized spacial score (nSPS) is 10.8. The minimum atomic E-state index is -1.09. The number of nitrogens with zero attached hydrogens (tertiary/aromatic N) is 1. The molecule has 6 nitrogen and oxygen atoms in total. The van der Waals surface area contributed by atoms with Crippen molar-refractivity contribution in [3.05, 3.63) is 56.8 Å². The molecule has 0 spiro atoms. The number of aryl methyl sites for hydroxylation is 1.